The van der Waals surface area contributed by atoms with E-state index in [0.717, 1.165) is 25.7 Å². The molecule has 0 radical (unpaired) electrons. The van der Waals surface area contributed by atoms with Gasteiger partial charge in [-0.3, -0.25) is 9.59 Å². The average molecular weight is 749 g/mol. The number of aliphatic hydroxyl groups is 3. The minimum atomic E-state index is -1.53. The third-order valence-corrected chi connectivity index (χ3v) is 12.7. The van der Waals surface area contributed by atoms with Gasteiger partial charge in [-0.25, -0.2) is 9.59 Å². The fourth-order valence-corrected chi connectivity index (χ4v) is 9.88. The molecule has 2 aliphatic carbocycles. The molecule has 0 spiro atoms. The second-order valence-corrected chi connectivity index (χ2v) is 15.2. The lowest BCUT2D eigenvalue weighted by molar-refractivity contribution is -0.243. The Balaban J connectivity index is 0.000000204. The number of epoxide rings is 1. The van der Waals surface area contributed by atoms with E-state index in [1.807, 2.05) is 0 Å². The van der Waals surface area contributed by atoms with Crippen LogP contribution in [0.3, 0.4) is 0 Å². The quantitative estimate of drug-likeness (QED) is 0.140. The predicted molar refractivity (Wildman–Crippen MR) is 173 cm³/mol. The molecule has 4 unspecified atom stereocenters. The molecule has 12 nitrogen and oxygen atoms in total. The Hall–Kier alpha value is -1.12. The summed E-state index contributed by atoms with van der Waals surface area (Å²) in [6.45, 7) is 3.36. The van der Waals surface area contributed by atoms with Crippen molar-refractivity contribution < 1.29 is 48.7 Å². The molecular formula is C31H46Cl4N2O10. The number of amides is 2. The maximum Gasteiger partial charge on any atom is 0.339 e. The van der Waals surface area contributed by atoms with Gasteiger partial charge in [-0.05, 0) is 52.4 Å². The summed E-state index contributed by atoms with van der Waals surface area (Å²) >= 11 is 17.6. The number of aliphatic hydroxyl groups excluding tert-OH is 3. The molecule has 47 heavy (non-hydrogen) atoms. The number of halogens is 4. The van der Waals surface area contributed by atoms with E-state index < -0.39 is 75.7 Å². The molecule has 5 heterocycles. The van der Waals surface area contributed by atoms with Crippen LogP contribution in [0, 0.1) is 23.7 Å². The summed E-state index contributed by atoms with van der Waals surface area (Å²) in [7, 11) is 0. The molecule has 16 heteroatoms. The Morgan fingerprint density at radius 3 is 1.72 bits per heavy atom. The Labute approximate surface area is 295 Å². The van der Waals surface area contributed by atoms with Crippen molar-refractivity contribution in [3.63, 3.8) is 0 Å². The number of esters is 2. The molecule has 2 amide bonds. The number of hydrogen-bond donors (Lipinski definition) is 5. The normalized spacial score (nSPS) is 46.7. The van der Waals surface area contributed by atoms with E-state index in [9.17, 15) is 34.5 Å². The van der Waals surface area contributed by atoms with Gasteiger partial charge < -0.3 is 40.2 Å². The van der Waals surface area contributed by atoms with Crippen LogP contribution in [-0.2, 0) is 33.4 Å². The fraction of sp³-hybridized carbons (Fsp3) is 0.871. The number of hydrogen-bond acceptors (Lipinski definition) is 10. The van der Waals surface area contributed by atoms with Crippen LogP contribution in [0.4, 0.5) is 0 Å². The number of carbonyl (C=O) groups excluding carboxylic acids is 4. The van der Waals surface area contributed by atoms with Gasteiger partial charge >= 0.3 is 11.9 Å². The van der Waals surface area contributed by atoms with Gasteiger partial charge in [-0.1, -0.05) is 20.3 Å². The second-order valence-electron chi connectivity index (χ2n) is 13.9. The molecule has 14 atom stereocenters. The van der Waals surface area contributed by atoms with E-state index in [2.05, 4.69) is 10.6 Å². The molecule has 0 bridgehead atoms. The molecule has 7 rings (SSSR count). The Morgan fingerprint density at radius 2 is 1.26 bits per heavy atom. The van der Waals surface area contributed by atoms with Crippen LogP contribution in [0.15, 0.2) is 0 Å². The lowest BCUT2D eigenvalue weighted by atomic mass is 9.63. The first kappa shape index (κ1) is 38.7. The Bertz CT molecular complexity index is 1260. The highest BCUT2D eigenvalue weighted by molar-refractivity contribution is 6.21. The van der Waals surface area contributed by atoms with Gasteiger partial charge in [-0.2, -0.15) is 0 Å². The first-order valence-corrected chi connectivity index (χ1v) is 17.3. The highest BCUT2D eigenvalue weighted by atomic mass is 35.5. The molecule has 0 aromatic heterocycles. The lowest BCUT2D eigenvalue weighted by Crippen LogP contribution is -2.80. The van der Waals surface area contributed by atoms with Crippen molar-refractivity contribution in [2.75, 3.05) is 11.8 Å². The third-order valence-electron chi connectivity index (χ3n) is 11.8. The average Bonchev–Trinajstić information content (AvgIpc) is 3.74. The van der Waals surface area contributed by atoms with Crippen molar-refractivity contribution >= 4 is 71.0 Å². The lowest BCUT2D eigenvalue weighted by Gasteiger charge is -2.55. The standard InChI is InChI=1S/C15H21Cl2NO5.C15H20ClNO5.CH4.ClH/c1-14-8(5-6-16)12(21)18-15(14,13(22)23-14)11(20)7-3-2-4-9(17)10(7)19;1-14-8(5-6-16)12(19)17-15(14,13(20)22-14)11(18)7-3-2-4-9-10(7)21-9;;/h7-11,19-20H,2-6H2,1H3,(H,18,21);7-11,18H,2-6H2,1H3,(H,17,19);1H4;1H/t2*7-,8-,9?,10?,11-,14-,15-;;/m00../s1. The topological polar surface area (TPSA) is 184 Å². The molecule has 7 aliphatic rings. The Kier molecular flexibility index (Phi) is 11.1. The van der Waals surface area contributed by atoms with E-state index in [1.54, 1.807) is 13.8 Å². The van der Waals surface area contributed by atoms with Crippen molar-refractivity contribution in [1.82, 2.24) is 10.6 Å². The molecule has 268 valence electrons. The minimum absolute atomic E-state index is 0. The van der Waals surface area contributed by atoms with Crippen molar-refractivity contribution in [3.05, 3.63) is 0 Å². The van der Waals surface area contributed by atoms with Gasteiger partial charge in [0.1, 0.15) is 0 Å². The first-order valence-electron chi connectivity index (χ1n) is 15.8. The van der Waals surface area contributed by atoms with Crippen LogP contribution in [0.2, 0.25) is 0 Å². The number of rotatable bonds is 8. The zero-order valence-corrected chi connectivity index (χ0v) is 28.7. The summed E-state index contributed by atoms with van der Waals surface area (Å²) in [4.78, 5) is 49.2. The van der Waals surface area contributed by atoms with Crippen molar-refractivity contribution in [3.8, 4) is 0 Å². The van der Waals surface area contributed by atoms with Crippen LogP contribution in [0.25, 0.3) is 0 Å². The minimum Gasteiger partial charge on any atom is -0.453 e. The molecule has 5 aliphatic heterocycles. The molecule has 7 fully saturated rings. The number of ether oxygens (including phenoxy) is 3. The zero-order chi connectivity index (χ0) is 32.7. The monoisotopic (exact) mass is 746 g/mol. The zero-order valence-electron chi connectivity index (χ0n) is 25.6. The van der Waals surface area contributed by atoms with Crippen molar-refractivity contribution in [1.29, 1.82) is 0 Å². The summed E-state index contributed by atoms with van der Waals surface area (Å²) < 4.78 is 16.3. The van der Waals surface area contributed by atoms with E-state index in [0.29, 0.717) is 31.6 Å². The smallest absolute Gasteiger partial charge is 0.339 e. The fourth-order valence-electron chi connectivity index (χ4n) is 9.10. The maximum atomic E-state index is 12.3. The molecule has 0 aromatic rings. The first-order chi connectivity index (χ1) is 21.2. The SMILES string of the molecule is C.C[C@@]12OC(=O)[C@]1([C@@H](O)[C@H]1CCCC(Cl)C1O)NC(=O)[C@@H]2CCCl.C[C@@]12OC(=O)[C@]1([C@@H](O)[C@H]1CCCC3OC31)NC(=O)[C@@H]2CCCl.Cl. The van der Waals surface area contributed by atoms with Crippen LogP contribution >= 0.6 is 47.2 Å². The predicted octanol–water partition coefficient (Wildman–Crippen LogP) is 1.95. The summed E-state index contributed by atoms with van der Waals surface area (Å²) in [5.41, 5.74) is -5.06. The molecule has 2 saturated carbocycles. The highest BCUT2D eigenvalue weighted by Gasteiger charge is 2.81. The summed E-state index contributed by atoms with van der Waals surface area (Å²) in [6.07, 6.45) is 2.47. The van der Waals surface area contributed by atoms with Crippen molar-refractivity contribution in [2.24, 2.45) is 23.7 Å². The molecule has 5 N–H and O–H groups in total. The van der Waals surface area contributed by atoms with Crippen LogP contribution in [-0.4, -0.2) is 109 Å². The van der Waals surface area contributed by atoms with Crippen molar-refractivity contribution in [2.45, 2.75) is 131 Å². The van der Waals surface area contributed by atoms with E-state index >= 15 is 0 Å². The van der Waals surface area contributed by atoms with E-state index in [1.165, 1.54) is 0 Å². The van der Waals surface area contributed by atoms with Gasteiger partial charge in [0.2, 0.25) is 22.9 Å². The number of fused-ring (bicyclic) bond motifs is 3. The highest BCUT2D eigenvalue weighted by Crippen LogP contribution is 2.56. The number of carbonyl (C=O) groups is 4. The van der Waals surface area contributed by atoms with Gasteiger partial charge in [0.15, 0.2) is 11.2 Å². The summed E-state index contributed by atoms with van der Waals surface area (Å²) in [6, 6.07) is 0. The van der Waals surface area contributed by atoms with E-state index in [-0.39, 0.29) is 55.7 Å². The largest absolute Gasteiger partial charge is 0.453 e. The van der Waals surface area contributed by atoms with Crippen LogP contribution in [0.5, 0.6) is 0 Å². The van der Waals surface area contributed by atoms with E-state index in [4.69, 9.17) is 49.0 Å². The summed E-state index contributed by atoms with van der Waals surface area (Å²) in [5, 5.41) is 37.1. The number of alkyl halides is 3. The Morgan fingerprint density at radius 1 is 0.809 bits per heavy atom. The summed E-state index contributed by atoms with van der Waals surface area (Å²) in [5.74, 6) is -3.14. The molecular weight excluding hydrogens is 702 g/mol. The van der Waals surface area contributed by atoms with Crippen LogP contribution < -0.4 is 10.6 Å². The number of nitrogens with one attached hydrogen (secondary N) is 2. The second kappa shape index (κ2) is 13.5. The molecule has 0 aromatic carbocycles. The molecule has 5 saturated heterocycles. The van der Waals surface area contributed by atoms with Gasteiger partial charge in [0, 0.05) is 23.6 Å². The third kappa shape index (κ3) is 5.29. The maximum absolute atomic E-state index is 12.3. The van der Waals surface area contributed by atoms with Crippen LogP contribution in [0.1, 0.15) is 72.6 Å². The van der Waals surface area contributed by atoms with Gasteiger partial charge in [0.25, 0.3) is 0 Å². The van der Waals surface area contributed by atoms with Gasteiger partial charge in [-0.15, -0.1) is 47.2 Å². The van der Waals surface area contributed by atoms with Gasteiger partial charge in [0.05, 0.1) is 47.7 Å².